The van der Waals surface area contributed by atoms with Crippen molar-refractivity contribution in [2.24, 2.45) is 5.92 Å². The minimum Gasteiger partial charge on any atom is -0.474 e. The molecule has 1 saturated heterocycles. The number of nitrogens with zero attached hydrogens (tertiary/aromatic N) is 3. The number of pyridine rings is 2. The number of hydrogen-bond donors (Lipinski definition) is 1. The van der Waals surface area contributed by atoms with Gasteiger partial charge >= 0.3 is 0 Å². The van der Waals surface area contributed by atoms with Gasteiger partial charge in [-0.25, -0.2) is 13.4 Å². The largest absolute Gasteiger partial charge is 0.474 e. The normalized spacial score (nSPS) is 18.8. The molecule has 3 heterocycles. The Kier molecular flexibility index (Phi) is 5.77. The quantitative estimate of drug-likeness (QED) is 0.776. The summed E-state index contributed by atoms with van der Waals surface area (Å²) in [5.74, 6) is 0.646. The molecule has 154 valence electrons. The van der Waals surface area contributed by atoms with Gasteiger partial charge in [-0.05, 0) is 43.9 Å². The first-order chi connectivity index (χ1) is 14.0. The highest BCUT2D eigenvalue weighted by Crippen LogP contribution is 2.28. The molecule has 0 aromatic carbocycles. The minimum absolute atomic E-state index is 0.0499. The summed E-state index contributed by atoms with van der Waals surface area (Å²) in [7, 11) is -3.52. The Morgan fingerprint density at radius 1 is 1.10 bits per heavy atom. The van der Waals surface area contributed by atoms with E-state index in [0.29, 0.717) is 37.5 Å². The fourth-order valence-corrected chi connectivity index (χ4v) is 4.88. The Hall–Kier alpha value is -2.52. The SMILES string of the molecule is O=C(Nc1ccc(OC2CCN(S(=O)(=O)c3cccnc3)CC2)nc1)C1CCC1. The number of piperidine rings is 1. The smallest absolute Gasteiger partial charge is 0.244 e. The van der Waals surface area contributed by atoms with Gasteiger partial charge in [0.2, 0.25) is 21.8 Å². The summed E-state index contributed by atoms with van der Waals surface area (Å²) in [5.41, 5.74) is 0.659. The van der Waals surface area contributed by atoms with E-state index in [9.17, 15) is 13.2 Å². The average molecular weight is 417 g/mol. The predicted octanol–water partition coefficient (Wildman–Crippen LogP) is 2.45. The fourth-order valence-electron chi connectivity index (χ4n) is 3.45. The first-order valence-electron chi connectivity index (χ1n) is 9.86. The molecule has 0 atom stereocenters. The van der Waals surface area contributed by atoms with Gasteiger partial charge in [-0.15, -0.1) is 0 Å². The number of anilines is 1. The molecule has 9 heteroatoms. The Bertz CT molecular complexity index is 938. The molecular formula is C20H24N4O4S. The van der Waals surface area contributed by atoms with Gasteiger partial charge in [0.15, 0.2) is 0 Å². The second-order valence-corrected chi connectivity index (χ2v) is 9.35. The number of ether oxygens (including phenoxy) is 1. The summed E-state index contributed by atoms with van der Waals surface area (Å²) in [4.78, 5) is 20.4. The van der Waals surface area contributed by atoms with E-state index >= 15 is 0 Å². The van der Waals surface area contributed by atoms with Crippen molar-refractivity contribution < 1.29 is 17.9 Å². The highest BCUT2D eigenvalue weighted by Gasteiger charge is 2.30. The monoisotopic (exact) mass is 416 g/mol. The van der Waals surface area contributed by atoms with Gasteiger partial charge in [0, 0.05) is 37.5 Å². The van der Waals surface area contributed by atoms with Crippen LogP contribution in [-0.2, 0) is 14.8 Å². The maximum Gasteiger partial charge on any atom is 0.244 e. The maximum atomic E-state index is 12.6. The van der Waals surface area contributed by atoms with Crippen molar-refractivity contribution in [3.8, 4) is 5.88 Å². The molecule has 2 aromatic heterocycles. The van der Waals surface area contributed by atoms with Crippen molar-refractivity contribution in [3.63, 3.8) is 0 Å². The van der Waals surface area contributed by atoms with Crippen LogP contribution in [0.4, 0.5) is 5.69 Å². The van der Waals surface area contributed by atoms with Crippen molar-refractivity contribution >= 4 is 21.6 Å². The zero-order valence-electron chi connectivity index (χ0n) is 16.0. The molecule has 4 rings (SSSR count). The first kappa shape index (κ1) is 19.8. The van der Waals surface area contributed by atoms with E-state index in [1.54, 1.807) is 36.7 Å². The van der Waals surface area contributed by atoms with Gasteiger partial charge in [-0.2, -0.15) is 4.31 Å². The molecule has 2 aliphatic rings. The molecule has 0 radical (unpaired) electrons. The van der Waals surface area contributed by atoms with Crippen LogP contribution < -0.4 is 10.1 Å². The van der Waals surface area contributed by atoms with Gasteiger partial charge < -0.3 is 10.1 Å². The zero-order valence-corrected chi connectivity index (χ0v) is 16.8. The molecule has 0 spiro atoms. The Labute approximate surface area is 170 Å². The van der Waals surface area contributed by atoms with E-state index in [1.165, 1.54) is 10.5 Å². The summed E-state index contributed by atoms with van der Waals surface area (Å²) < 4.78 is 32.7. The van der Waals surface area contributed by atoms with Gasteiger partial charge in [-0.1, -0.05) is 6.42 Å². The number of carbonyl (C=O) groups is 1. The summed E-state index contributed by atoms with van der Waals surface area (Å²) >= 11 is 0. The number of sulfonamides is 1. The minimum atomic E-state index is -3.52. The van der Waals surface area contributed by atoms with Crippen molar-refractivity contribution in [3.05, 3.63) is 42.9 Å². The number of nitrogens with one attached hydrogen (secondary N) is 1. The van der Waals surface area contributed by atoms with Crippen molar-refractivity contribution in [1.82, 2.24) is 14.3 Å². The lowest BCUT2D eigenvalue weighted by Gasteiger charge is -2.31. The van der Waals surface area contributed by atoms with E-state index in [-0.39, 0.29) is 22.8 Å². The van der Waals surface area contributed by atoms with E-state index in [1.807, 2.05) is 0 Å². The molecule has 1 saturated carbocycles. The predicted molar refractivity (Wildman–Crippen MR) is 107 cm³/mol. The summed E-state index contributed by atoms with van der Waals surface area (Å²) in [5, 5.41) is 2.88. The van der Waals surface area contributed by atoms with Crippen molar-refractivity contribution in [2.75, 3.05) is 18.4 Å². The zero-order chi connectivity index (χ0) is 20.3. The topological polar surface area (TPSA) is 101 Å². The second-order valence-electron chi connectivity index (χ2n) is 7.41. The van der Waals surface area contributed by atoms with Gasteiger partial charge in [0.05, 0.1) is 11.9 Å². The van der Waals surface area contributed by atoms with Gasteiger partial charge in [-0.3, -0.25) is 9.78 Å². The third kappa shape index (κ3) is 4.56. The molecule has 1 aliphatic heterocycles. The van der Waals surface area contributed by atoms with Crippen LogP contribution in [0.2, 0.25) is 0 Å². The van der Waals surface area contributed by atoms with Crippen molar-refractivity contribution in [1.29, 1.82) is 0 Å². The molecule has 29 heavy (non-hydrogen) atoms. The molecule has 0 unspecified atom stereocenters. The van der Waals surface area contributed by atoms with Gasteiger partial charge in [0.1, 0.15) is 11.0 Å². The Balaban J connectivity index is 1.29. The number of hydrogen-bond acceptors (Lipinski definition) is 6. The van der Waals surface area contributed by atoms with E-state index in [0.717, 1.165) is 19.3 Å². The lowest BCUT2D eigenvalue weighted by atomic mass is 9.85. The molecule has 2 fully saturated rings. The summed E-state index contributed by atoms with van der Waals surface area (Å²) in [6, 6.07) is 6.68. The lowest BCUT2D eigenvalue weighted by molar-refractivity contribution is -0.122. The molecule has 2 aromatic rings. The molecule has 0 bridgehead atoms. The summed E-state index contributed by atoms with van der Waals surface area (Å²) in [6.07, 6.45) is 8.61. The molecular weight excluding hydrogens is 392 g/mol. The van der Waals surface area contributed by atoms with Crippen LogP contribution in [0.15, 0.2) is 47.8 Å². The maximum absolute atomic E-state index is 12.6. The van der Waals surface area contributed by atoms with Crippen molar-refractivity contribution in [2.45, 2.75) is 43.1 Å². The standard InChI is InChI=1S/C20H24N4O4S/c25-20(15-3-1-4-15)23-16-6-7-19(22-13-16)28-17-8-11-24(12-9-17)29(26,27)18-5-2-10-21-14-18/h2,5-7,10,13-15,17H,1,3-4,8-9,11-12H2,(H,23,25). The van der Waals surface area contributed by atoms with Gasteiger partial charge in [0.25, 0.3) is 0 Å². The molecule has 8 nitrogen and oxygen atoms in total. The third-order valence-corrected chi connectivity index (χ3v) is 7.32. The number of rotatable bonds is 6. The van der Waals surface area contributed by atoms with E-state index in [2.05, 4.69) is 15.3 Å². The molecule has 1 N–H and O–H groups in total. The van der Waals surface area contributed by atoms with E-state index < -0.39 is 10.0 Å². The van der Waals surface area contributed by atoms with Crippen LogP contribution in [0.25, 0.3) is 0 Å². The first-order valence-corrected chi connectivity index (χ1v) is 11.3. The van der Waals surface area contributed by atoms with E-state index in [4.69, 9.17) is 4.74 Å². The average Bonchev–Trinajstić information content (AvgIpc) is 2.69. The van der Waals surface area contributed by atoms with Crippen LogP contribution in [0.3, 0.4) is 0 Å². The molecule has 1 aliphatic carbocycles. The fraction of sp³-hybridized carbons (Fsp3) is 0.450. The Morgan fingerprint density at radius 2 is 1.90 bits per heavy atom. The Morgan fingerprint density at radius 3 is 2.48 bits per heavy atom. The van der Waals surface area contributed by atoms with Crippen LogP contribution in [0.1, 0.15) is 32.1 Å². The lowest BCUT2D eigenvalue weighted by Crippen LogP contribution is -2.41. The summed E-state index contributed by atoms with van der Waals surface area (Å²) in [6.45, 7) is 0.773. The number of amides is 1. The molecule has 1 amide bonds. The third-order valence-electron chi connectivity index (χ3n) is 5.44. The van der Waals surface area contributed by atoms with Crippen LogP contribution in [-0.4, -0.2) is 47.8 Å². The number of carbonyl (C=O) groups excluding carboxylic acids is 1. The van der Waals surface area contributed by atoms with Crippen LogP contribution >= 0.6 is 0 Å². The number of aromatic nitrogens is 2. The van der Waals surface area contributed by atoms with Crippen LogP contribution in [0, 0.1) is 5.92 Å². The highest BCUT2D eigenvalue weighted by molar-refractivity contribution is 7.89. The van der Waals surface area contributed by atoms with Crippen LogP contribution in [0.5, 0.6) is 5.88 Å². The second kappa shape index (κ2) is 8.46. The highest BCUT2D eigenvalue weighted by atomic mass is 32.2.